The summed E-state index contributed by atoms with van der Waals surface area (Å²) in [7, 11) is 3.11. The highest BCUT2D eigenvalue weighted by atomic mass is 35.5. The molecule has 27 heavy (non-hydrogen) atoms. The predicted molar refractivity (Wildman–Crippen MR) is 99.8 cm³/mol. The molecule has 0 fully saturated rings. The minimum Gasteiger partial charge on any atom is -0.493 e. The van der Waals surface area contributed by atoms with E-state index in [-0.39, 0.29) is 18.9 Å². The van der Waals surface area contributed by atoms with Crippen LogP contribution in [-0.2, 0) is 17.8 Å². The van der Waals surface area contributed by atoms with Crippen LogP contribution in [0.25, 0.3) is 11.4 Å². The molecular formula is C19H18ClN3O4. The molecule has 3 rings (SSSR count). The maximum atomic E-state index is 12.2. The average molecular weight is 388 g/mol. The molecule has 0 radical (unpaired) electrons. The first-order valence-corrected chi connectivity index (χ1v) is 8.53. The Kier molecular flexibility index (Phi) is 5.93. The number of benzene rings is 2. The van der Waals surface area contributed by atoms with Crippen LogP contribution in [0.2, 0.25) is 5.02 Å². The van der Waals surface area contributed by atoms with E-state index in [1.54, 1.807) is 50.6 Å². The highest BCUT2D eigenvalue weighted by Gasteiger charge is 2.12. The summed E-state index contributed by atoms with van der Waals surface area (Å²) >= 11 is 5.86. The molecule has 0 unspecified atom stereocenters. The average Bonchev–Trinajstić information content (AvgIpc) is 3.16. The molecule has 1 N–H and O–H groups in total. The zero-order valence-electron chi connectivity index (χ0n) is 14.9. The second-order valence-corrected chi connectivity index (χ2v) is 6.10. The van der Waals surface area contributed by atoms with Gasteiger partial charge in [-0.1, -0.05) is 22.8 Å². The fraction of sp³-hybridized carbons (Fsp3) is 0.211. The minimum atomic E-state index is -0.173. The van der Waals surface area contributed by atoms with E-state index in [1.807, 2.05) is 6.07 Å². The summed E-state index contributed by atoms with van der Waals surface area (Å²) in [4.78, 5) is 16.4. The zero-order valence-corrected chi connectivity index (χ0v) is 15.6. The number of aromatic nitrogens is 2. The molecule has 0 aliphatic heterocycles. The lowest BCUT2D eigenvalue weighted by atomic mass is 10.1. The SMILES string of the molecule is COc1ccc(CC(=O)NCc2nc(-c3ccc(Cl)cc3)no2)cc1OC. The number of hydrogen-bond acceptors (Lipinski definition) is 6. The van der Waals surface area contributed by atoms with Crippen molar-refractivity contribution >= 4 is 17.5 Å². The first-order valence-electron chi connectivity index (χ1n) is 8.15. The zero-order chi connectivity index (χ0) is 19.2. The van der Waals surface area contributed by atoms with Gasteiger partial charge in [0.2, 0.25) is 17.6 Å². The van der Waals surface area contributed by atoms with Crippen LogP contribution >= 0.6 is 11.6 Å². The lowest BCUT2D eigenvalue weighted by Crippen LogP contribution is -2.24. The van der Waals surface area contributed by atoms with E-state index in [2.05, 4.69) is 15.5 Å². The molecule has 0 saturated heterocycles. The van der Waals surface area contributed by atoms with Crippen molar-refractivity contribution < 1.29 is 18.8 Å². The van der Waals surface area contributed by atoms with Crippen molar-refractivity contribution in [2.24, 2.45) is 0 Å². The number of nitrogens with zero attached hydrogens (tertiary/aromatic N) is 2. The summed E-state index contributed by atoms with van der Waals surface area (Å²) in [5.41, 5.74) is 1.59. The van der Waals surface area contributed by atoms with Gasteiger partial charge < -0.3 is 19.3 Å². The summed E-state index contributed by atoms with van der Waals surface area (Å²) < 4.78 is 15.6. The molecule has 0 atom stereocenters. The van der Waals surface area contributed by atoms with Crippen LogP contribution in [0.5, 0.6) is 11.5 Å². The van der Waals surface area contributed by atoms with E-state index in [4.69, 9.17) is 25.6 Å². The summed E-state index contributed by atoms with van der Waals surface area (Å²) in [6.45, 7) is 0.146. The van der Waals surface area contributed by atoms with Crippen molar-refractivity contribution in [3.63, 3.8) is 0 Å². The van der Waals surface area contributed by atoms with Crippen molar-refractivity contribution in [3.05, 3.63) is 58.9 Å². The van der Waals surface area contributed by atoms with Gasteiger partial charge in [-0.3, -0.25) is 4.79 Å². The van der Waals surface area contributed by atoms with E-state index in [9.17, 15) is 4.79 Å². The van der Waals surface area contributed by atoms with Crippen LogP contribution in [0.15, 0.2) is 47.0 Å². The number of hydrogen-bond donors (Lipinski definition) is 1. The molecule has 0 aliphatic carbocycles. The molecular weight excluding hydrogens is 370 g/mol. The second kappa shape index (κ2) is 8.55. The largest absolute Gasteiger partial charge is 0.493 e. The fourth-order valence-corrected chi connectivity index (χ4v) is 2.58. The number of rotatable bonds is 7. The monoisotopic (exact) mass is 387 g/mol. The first kappa shape index (κ1) is 18.7. The van der Waals surface area contributed by atoms with Gasteiger partial charge in [0.25, 0.3) is 0 Å². The maximum absolute atomic E-state index is 12.2. The summed E-state index contributed by atoms with van der Waals surface area (Å²) in [5.74, 6) is 1.78. The third-order valence-corrected chi connectivity index (χ3v) is 4.07. The van der Waals surface area contributed by atoms with Crippen molar-refractivity contribution in [2.75, 3.05) is 14.2 Å². The van der Waals surface area contributed by atoms with Crippen molar-refractivity contribution in [3.8, 4) is 22.9 Å². The van der Waals surface area contributed by atoms with E-state index < -0.39 is 0 Å². The second-order valence-electron chi connectivity index (χ2n) is 5.66. The maximum Gasteiger partial charge on any atom is 0.246 e. The Labute approximate surface area is 161 Å². The van der Waals surface area contributed by atoms with Gasteiger partial charge in [0, 0.05) is 10.6 Å². The topological polar surface area (TPSA) is 86.5 Å². The number of methoxy groups -OCH3 is 2. The van der Waals surface area contributed by atoms with Gasteiger partial charge in [-0.05, 0) is 42.0 Å². The van der Waals surface area contributed by atoms with Gasteiger partial charge >= 0.3 is 0 Å². The molecule has 0 saturated carbocycles. The van der Waals surface area contributed by atoms with Crippen LogP contribution in [0.1, 0.15) is 11.5 Å². The van der Waals surface area contributed by atoms with Gasteiger partial charge in [0.05, 0.1) is 27.2 Å². The number of ether oxygens (including phenoxy) is 2. The van der Waals surface area contributed by atoms with E-state index in [0.717, 1.165) is 11.1 Å². The number of carbonyl (C=O) groups is 1. The lowest BCUT2D eigenvalue weighted by Gasteiger charge is -2.09. The van der Waals surface area contributed by atoms with Crippen LogP contribution < -0.4 is 14.8 Å². The number of amides is 1. The Bertz CT molecular complexity index is 925. The molecule has 140 valence electrons. The smallest absolute Gasteiger partial charge is 0.246 e. The highest BCUT2D eigenvalue weighted by Crippen LogP contribution is 2.27. The third-order valence-electron chi connectivity index (χ3n) is 3.82. The molecule has 7 nitrogen and oxygen atoms in total. The molecule has 0 aliphatic rings. The molecule has 3 aromatic rings. The Morgan fingerprint density at radius 3 is 2.56 bits per heavy atom. The molecule has 0 bridgehead atoms. The van der Waals surface area contributed by atoms with Gasteiger partial charge in [-0.25, -0.2) is 0 Å². The third kappa shape index (κ3) is 4.77. The Hall–Kier alpha value is -3.06. The van der Waals surface area contributed by atoms with E-state index in [0.29, 0.717) is 28.2 Å². The van der Waals surface area contributed by atoms with Gasteiger partial charge in [-0.15, -0.1) is 0 Å². The van der Waals surface area contributed by atoms with Crippen molar-refractivity contribution in [2.45, 2.75) is 13.0 Å². The normalized spacial score (nSPS) is 10.5. The molecule has 0 spiro atoms. The quantitative estimate of drug-likeness (QED) is 0.669. The van der Waals surface area contributed by atoms with Crippen LogP contribution in [-0.4, -0.2) is 30.3 Å². The van der Waals surface area contributed by atoms with Gasteiger partial charge in [0.1, 0.15) is 0 Å². The first-order chi connectivity index (χ1) is 13.1. The van der Waals surface area contributed by atoms with E-state index >= 15 is 0 Å². The number of nitrogens with one attached hydrogen (secondary N) is 1. The van der Waals surface area contributed by atoms with Crippen LogP contribution in [0.4, 0.5) is 0 Å². The molecule has 2 aromatic carbocycles. The Morgan fingerprint density at radius 1 is 1.11 bits per heavy atom. The standard InChI is InChI=1S/C19H18ClN3O4/c1-25-15-8-3-12(9-16(15)26-2)10-17(24)21-11-18-22-19(23-27-18)13-4-6-14(20)7-5-13/h3-9H,10-11H2,1-2H3,(H,21,24). The van der Waals surface area contributed by atoms with Gasteiger partial charge in [0.15, 0.2) is 11.5 Å². The molecule has 1 amide bonds. The number of carbonyl (C=O) groups excluding carboxylic acids is 1. The Morgan fingerprint density at radius 2 is 1.85 bits per heavy atom. The summed E-state index contributed by atoms with van der Waals surface area (Å²) in [5, 5.41) is 7.30. The molecule has 1 aromatic heterocycles. The lowest BCUT2D eigenvalue weighted by molar-refractivity contribution is -0.120. The van der Waals surface area contributed by atoms with Crippen LogP contribution in [0, 0.1) is 0 Å². The predicted octanol–water partition coefficient (Wildman–Crippen LogP) is 3.27. The molecule has 8 heteroatoms. The summed E-state index contributed by atoms with van der Waals surface area (Å²) in [6.07, 6.45) is 0.193. The molecule has 1 heterocycles. The fourth-order valence-electron chi connectivity index (χ4n) is 2.46. The Balaban J connectivity index is 1.57. The van der Waals surface area contributed by atoms with Crippen molar-refractivity contribution in [1.29, 1.82) is 0 Å². The van der Waals surface area contributed by atoms with Crippen LogP contribution in [0.3, 0.4) is 0 Å². The highest BCUT2D eigenvalue weighted by molar-refractivity contribution is 6.30. The van der Waals surface area contributed by atoms with Crippen molar-refractivity contribution in [1.82, 2.24) is 15.5 Å². The summed E-state index contributed by atoms with van der Waals surface area (Å²) in [6, 6.07) is 12.4. The van der Waals surface area contributed by atoms with E-state index in [1.165, 1.54) is 0 Å². The number of halogens is 1. The minimum absolute atomic E-state index is 0.146. The van der Waals surface area contributed by atoms with Gasteiger partial charge in [-0.2, -0.15) is 4.98 Å².